The summed E-state index contributed by atoms with van der Waals surface area (Å²) < 4.78 is 31.5. The van der Waals surface area contributed by atoms with Crippen LogP contribution in [0.1, 0.15) is 33.4 Å². The van der Waals surface area contributed by atoms with E-state index in [2.05, 4.69) is 274 Å². The van der Waals surface area contributed by atoms with Gasteiger partial charge in [0.15, 0.2) is 87.4 Å². The lowest BCUT2D eigenvalue weighted by Crippen LogP contribution is -2.34. The van der Waals surface area contributed by atoms with Crippen LogP contribution in [-0.2, 0) is 47.6 Å². The number of hydrogen-bond donors (Lipinski definition) is 4. The molecular formula is C100H80N8O6P2+4. The topological polar surface area (TPSA) is 182 Å². The van der Waals surface area contributed by atoms with Crippen molar-refractivity contribution < 1.29 is 47.0 Å². The van der Waals surface area contributed by atoms with E-state index in [-0.39, 0.29) is 12.3 Å². The van der Waals surface area contributed by atoms with Gasteiger partial charge >= 0.3 is 15.2 Å². The Balaban J connectivity index is 0.505. The van der Waals surface area contributed by atoms with Gasteiger partial charge in [-0.2, -0.15) is 0 Å². The average molecular weight is 1550 g/mol. The molecule has 11 aromatic carbocycles. The normalized spacial score (nSPS) is 11.6. The van der Waals surface area contributed by atoms with E-state index in [9.17, 15) is 28.7 Å². The monoisotopic (exact) mass is 1550 g/mol. The van der Waals surface area contributed by atoms with Gasteiger partial charge in [0.2, 0.25) is 0 Å². The zero-order valence-corrected chi connectivity index (χ0v) is 65.1. The van der Waals surface area contributed by atoms with Gasteiger partial charge in [-0.15, -0.1) is 0 Å². The van der Waals surface area contributed by atoms with Gasteiger partial charge in [0.1, 0.15) is 0 Å². The van der Waals surface area contributed by atoms with E-state index in [4.69, 9.17) is 19.9 Å². The van der Waals surface area contributed by atoms with Gasteiger partial charge in [0.25, 0.3) is 0 Å². The standard InChI is InChI=1S/C100H76N8O6P2/c109-115(110,111)69-73-18-14-71(15-19-73)65-105-54-46-85(47-55-105)81-26-22-77(23-27-81)79-30-38-89(39-31-79)96-64-98(104-100(102-96)94-12-5-2-6-13-94)92-44-36-84(37-45-92)88-52-60-108(61-53-88)68-76-9-7-8-75(62-76)67-107-58-50-86(51-59-107)82-28-24-78(25-29-82)80-32-40-90(41-33-80)95-63-97(103-99(101-95)93-10-3-1-4-11-93)91-42-34-83(35-43-91)87-48-56-106(57-49-87)66-72-16-20-74(21-17-72)70-116(112,113)114/h1-64H,65-70H2/p+4. The van der Waals surface area contributed by atoms with Gasteiger partial charge in [-0.25, -0.2) is 38.2 Å². The number of benzene rings is 11. The number of hydrogen-bond acceptors (Lipinski definition) is 6. The highest BCUT2D eigenvalue weighted by Gasteiger charge is 2.20. The maximum absolute atomic E-state index is 11.5. The summed E-state index contributed by atoms with van der Waals surface area (Å²) in [5, 5.41) is 0. The second-order valence-electron chi connectivity index (χ2n) is 29.3. The van der Waals surface area contributed by atoms with Crippen LogP contribution in [-0.4, -0.2) is 39.5 Å². The van der Waals surface area contributed by atoms with Crippen molar-refractivity contribution in [3.8, 4) is 135 Å². The van der Waals surface area contributed by atoms with Crippen molar-refractivity contribution in [3.63, 3.8) is 0 Å². The molecule has 0 bridgehead atoms. The van der Waals surface area contributed by atoms with Crippen LogP contribution in [0.2, 0.25) is 0 Å². The molecule has 116 heavy (non-hydrogen) atoms. The fraction of sp³-hybridized carbons (Fsp3) is 0.0600. The molecular weight excluding hydrogens is 1470 g/mol. The van der Waals surface area contributed by atoms with Crippen molar-refractivity contribution in [1.29, 1.82) is 0 Å². The first kappa shape index (κ1) is 75.2. The predicted molar refractivity (Wildman–Crippen MR) is 457 cm³/mol. The lowest BCUT2D eigenvalue weighted by atomic mass is 9.99. The molecule has 0 amide bonds. The molecule has 0 aliphatic carbocycles. The minimum absolute atomic E-state index is 0.260. The van der Waals surface area contributed by atoms with Gasteiger partial charge in [-0.05, 0) is 96.1 Å². The number of nitrogens with zero attached hydrogens (tertiary/aromatic N) is 8. The van der Waals surface area contributed by atoms with Gasteiger partial charge in [-0.1, -0.05) is 273 Å². The molecule has 6 aromatic heterocycles. The predicted octanol–water partition coefficient (Wildman–Crippen LogP) is 20.0. The first-order chi connectivity index (χ1) is 56.6. The summed E-state index contributed by atoms with van der Waals surface area (Å²) in [6.45, 7) is 2.76. The van der Waals surface area contributed by atoms with E-state index < -0.39 is 15.2 Å². The summed E-state index contributed by atoms with van der Waals surface area (Å²) in [7, 11) is -8.23. The van der Waals surface area contributed by atoms with E-state index in [0.717, 1.165) is 147 Å². The molecule has 0 fully saturated rings. The Hall–Kier alpha value is -13.5. The summed E-state index contributed by atoms with van der Waals surface area (Å²) in [6, 6.07) is 117. The number of aromatic nitrogens is 8. The first-order valence-corrected chi connectivity index (χ1v) is 42.0. The molecule has 0 aliphatic rings. The van der Waals surface area contributed by atoms with Crippen LogP contribution in [0.4, 0.5) is 0 Å². The zero-order valence-electron chi connectivity index (χ0n) is 63.3. The Kier molecular flexibility index (Phi) is 21.8. The molecule has 0 saturated carbocycles. The Morgan fingerprint density at radius 3 is 0.638 bits per heavy atom. The van der Waals surface area contributed by atoms with Gasteiger partial charge in [-0.3, -0.25) is 9.13 Å². The first-order valence-electron chi connectivity index (χ1n) is 38.4. The summed E-state index contributed by atoms with van der Waals surface area (Å²) >= 11 is 0. The molecule has 6 heterocycles. The lowest BCUT2D eigenvalue weighted by Gasteiger charge is -2.11. The van der Waals surface area contributed by atoms with Crippen molar-refractivity contribution in [1.82, 2.24) is 19.9 Å². The molecule has 0 saturated heterocycles. The van der Waals surface area contributed by atoms with E-state index >= 15 is 0 Å². The third-order valence-electron chi connectivity index (χ3n) is 20.8. The maximum atomic E-state index is 11.5. The molecule has 17 aromatic rings. The molecule has 16 heteroatoms. The van der Waals surface area contributed by atoms with E-state index in [1.165, 1.54) is 11.1 Å². The van der Waals surface area contributed by atoms with Crippen molar-refractivity contribution in [2.24, 2.45) is 0 Å². The largest absolute Gasteiger partial charge is 0.329 e. The molecule has 14 nitrogen and oxygen atoms in total. The Bertz CT molecular complexity index is 6390. The van der Waals surface area contributed by atoms with Crippen LogP contribution in [0.25, 0.3) is 135 Å². The Morgan fingerprint density at radius 2 is 0.405 bits per heavy atom. The van der Waals surface area contributed by atoms with Gasteiger partial charge < -0.3 is 19.6 Å². The van der Waals surface area contributed by atoms with Crippen LogP contribution >= 0.6 is 15.2 Å². The highest BCUT2D eigenvalue weighted by Crippen LogP contribution is 2.41. The van der Waals surface area contributed by atoms with Crippen molar-refractivity contribution >= 4 is 15.2 Å². The Labute approximate surface area is 673 Å². The highest BCUT2D eigenvalue weighted by atomic mass is 31.2. The molecule has 0 unspecified atom stereocenters. The van der Waals surface area contributed by atoms with Gasteiger partial charge in [0, 0.05) is 104 Å². The molecule has 4 N–H and O–H groups in total. The van der Waals surface area contributed by atoms with Crippen molar-refractivity contribution in [3.05, 3.63) is 423 Å². The van der Waals surface area contributed by atoms with Crippen LogP contribution in [0, 0.1) is 0 Å². The third kappa shape index (κ3) is 18.7. The maximum Gasteiger partial charge on any atom is 0.329 e. The van der Waals surface area contributed by atoms with E-state index in [0.29, 0.717) is 35.9 Å². The summed E-state index contributed by atoms with van der Waals surface area (Å²) in [4.78, 5) is 57.9. The van der Waals surface area contributed by atoms with Crippen LogP contribution in [0.15, 0.2) is 389 Å². The SMILES string of the molecule is O=P(O)(O)Cc1ccc(C[n+]2ccc(-c3ccc(-c4ccc(-c5cc(-c6ccc(-c7cc[n+](Cc8cccc(C[n+]9ccc(-c%10ccc(-c%11ccc(-c%12cc(-c%13ccc(-c%14cc[n+](Cc%15ccc(CP(=O)(O)O)cc%15)cc%14)cc%13)nc(-c%13ccccc%13)n%12)cc%11)cc%10)cc9)c8)cc7)cc6)nc(-c6ccccc6)n5)cc4)cc3)cc2)cc1. The van der Waals surface area contributed by atoms with Gasteiger partial charge in [0.05, 0.1) is 35.1 Å². The van der Waals surface area contributed by atoms with Crippen molar-refractivity contribution in [2.75, 3.05) is 0 Å². The van der Waals surface area contributed by atoms with Crippen LogP contribution < -0.4 is 18.3 Å². The summed E-state index contributed by atoms with van der Waals surface area (Å²) in [6.07, 6.45) is 16.3. The van der Waals surface area contributed by atoms with E-state index in [1.54, 1.807) is 24.3 Å². The molecule has 0 radical (unpaired) electrons. The summed E-state index contributed by atoms with van der Waals surface area (Å²) in [5.74, 6) is 1.32. The molecule has 0 spiro atoms. The smallest absolute Gasteiger partial charge is 0.324 e. The third-order valence-corrected chi connectivity index (χ3v) is 22.4. The minimum atomic E-state index is -4.12. The lowest BCUT2D eigenvalue weighted by molar-refractivity contribution is -0.689. The van der Waals surface area contributed by atoms with Crippen LogP contribution in [0.3, 0.4) is 0 Å². The summed E-state index contributed by atoms with van der Waals surface area (Å²) in [5.41, 5.74) is 28.3. The quantitative estimate of drug-likeness (QED) is 0.0336. The molecule has 0 atom stereocenters. The second-order valence-corrected chi connectivity index (χ2v) is 32.5. The fourth-order valence-corrected chi connectivity index (χ4v) is 16.0. The molecule has 562 valence electrons. The van der Waals surface area contributed by atoms with Crippen LogP contribution in [0.5, 0.6) is 0 Å². The number of pyridine rings is 4. The van der Waals surface area contributed by atoms with Crippen molar-refractivity contribution in [2.45, 2.75) is 38.5 Å². The minimum Gasteiger partial charge on any atom is -0.324 e. The Morgan fingerprint density at radius 1 is 0.198 bits per heavy atom. The fourth-order valence-electron chi connectivity index (χ4n) is 14.6. The number of rotatable bonds is 24. The molecule has 17 rings (SSSR count). The van der Waals surface area contributed by atoms with E-state index in [1.807, 2.05) is 110 Å². The molecule has 0 aliphatic heterocycles. The second kappa shape index (κ2) is 33.7. The zero-order chi connectivity index (χ0) is 79.0. The highest BCUT2D eigenvalue weighted by molar-refractivity contribution is 7.51. The average Bonchev–Trinajstić information content (AvgIpc) is 0.796.